The molecule has 0 unspecified atom stereocenters. The highest BCUT2D eigenvalue weighted by molar-refractivity contribution is 6.35. The molecule has 0 bridgehead atoms. The molecule has 3 nitrogen and oxygen atoms in total. The predicted molar refractivity (Wildman–Crippen MR) is 68.6 cm³/mol. The minimum Gasteiger partial charge on any atom is -0.508 e. The van der Waals surface area contributed by atoms with E-state index in [1.54, 1.807) is 6.07 Å². The first-order valence-corrected chi connectivity index (χ1v) is 6.36. The van der Waals surface area contributed by atoms with Crippen molar-refractivity contribution in [3.05, 3.63) is 27.7 Å². The lowest BCUT2D eigenvalue weighted by molar-refractivity contribution is 0.0581. The highest BCUT2D eigenvalue weighted by Gasteiger charge is 2.26. The third-order valence-corrected chi connectivity index (χ3v) is 3.71. The van der Waals surface area contributed by atoms with Gasteiger partial charge in [0.15, 0.2) is 0 Å². The molecule has 0 amide bonds. The van der Waals surface area contributed by atoms with Crippen LogP contribution >= 0.6 is 23.2 Å². The molecule has 0 spiro atoms. The SMILES string of the molecule is N[C@@H](c1c(O)cc(Cl)cc1Cl)C1CCOCC1. The summed E-state index contributed by atoms with van der Waals surface area (Å²) in [5.41, 5.74) is 6.76. The van der Waals surface area contributed by atoms with E-state index in [4.69, 9.17) is 33.7 Å². The molecule has 1 fully saturated rings. The van der Waals surface area contributed by atoms with Gasteiger partial charge < -0.3 is 15.6 Å². The van der Waals surface area contributed by atoms with Gasteiger partial charge in [-0.2, -0.15) is 0 Å². The van der Waals surface area contributed by atoms with E-state index in [2.05, 4.69) is 0 Å². The van der Waals surface area contributed by atoms with Crippen molar-refractivity contribution in [2.75, 3.05) is 13.2 Å². The van der Waals surface area contributed by atoms with Crippen LogP contribution in [0.25, 0.3) is 0 Å². The van der Waals surface area contributed by atoms with Gasteiger partial charge in [0.05, 0.1) is 5.02 Å². The topological polar surface area (TPSA) is 55.5 Å². The van der Waals surface area contributed by atoms with Crippen LogP contribution in [0.15, 0.2) is 12.1 Å². The molecule has 1 saturated heterocycles. The summed E-state index contributed by atoms with van der Waals surface area (Å²) in [6, 6.07) is 2.81. The predicted octanol–water partition coefficient (Wildman–Crippen LogP) is 3.13. The summed E-state index contributed by atoms with van der Waals surface area (Å²) >= 11 is 11.9. The van der Waals surface area contributed by atoms with Gasteiger partial charge in [-0.05, 0) is 30.9 Å². The third-order valence-electron chi connectivity index (χ3n) is 3.18. The Hall–Kier alpha value is -0.480. The van der Waals surface area contributed by atoms with Gasteiger partial charge in [-0.1, -0.05) is 23.2 Å². The molecule has 1 aromatic carbocycles. The second kappa shape index (κ2) is 5.44. The van der Waals surface area contributed by atoms with E-state index in [1.165, 1.54) is 6.07 Å². The van der Waals surface area contributed by atoms with Crippen LogP contribution in [0, 0.1) is 5.92 Å². The second-order valence-corrected chi connectivity index (χ2v) is 5.14. The maximum atomic E-state index is 9.89. The monoisotopic (exact) mass is 275 g/mol. The fraction of sp³-hybridized carbons (Fsp3) is 0.500. The standard InChI is InChI=1S/C12H15Cl2NO2/c13-8-5-9(14)11(10(16)6-8)12(15)7-1-3-17-4-2-7/h5-7,12,16H,1-4,15H2/t12-/m1/s1. The van der Waals surface area contributed by atoms with Crippen LogP contribution in [-0.2, 0) is 4.74 Å². The molecule has 1 atom stereocenters. The number of rotatable bonds is 2. The summed E-state index contributed by atoms with van der Waals surface area (Å²) < 4.78 is 5.29. The van der Waals surface area contributed by atoms with Gasteiger partial charge in [-0.15, -0.1) is 0 Å². The van der Waals surface area contributed by atoms with Crippen LogP contribution in [0.3, 0.4) is 0 Å². The molecular formula is C12H15Cl2NO2. The zero-order chi connectivity index (χ0) is 12.4. The van der Waals surface area contributed by atoms with Crippen molar-refractivity contribution in [1.82, 2.24) is 0 Å². The number of phenols is 1. The summed E-state index contributed by atoms with van der Waals surface area (Å²) in [7, 11) is 0. The van der Waals surface area contributed by atoms with Crippen molar-refractivity contribution >= 4 is 23.2 Å². The fourth-order valence-electron chi connectivity index (χ4n) is 2.21. The Kier molecular flexibility index (Phi) is 4.15. The van der Waals surface area contributed by atoms with Gasteiger partial charge in [-0.3, -0.25) is 0 Å². The van der Waals surface area contributed by atoms with Crippen LogP contribution in [0.4, 0.5) is 0 Å². The normalized spacial score (nSPS) is 19.2. The average Bonchev–Trinajstić information content (AvgIpc) is 2.28. The second-order valence-electron chi connectivity index (χ2n) is 4.30. The quantitative estimate of drug-likeness (QED) is 0.872. The van der Waals surface area contributed by atoms with Crippen LogP contribution < -0.4 is 5.73 Å². The highest BCUT2D eigenvalue weighted by Crippen LogP contribution is 2.38. The number of halogens is 2. The average molecular weight is 276 g/mol. The Morgan fingerprint density at radius 1 is 1.29 bits per heavy atom. The Morgan fingerprint density at radius 2 is 1.94 bits per heavy atom. The molecular weight excluding hydrogens is 261 g/mol. The van der Waals surface area contributed by atoms with Crippen molar-refractivity contribution in [1.29, 1.82) is 0 Å². The molecule has 0 saturated carbocycles. The molecule has 1 aliphatic rings. The first-order valence-electron chi connectivity index (χ1n) is 5.61. The lowest BCUT2D eigenvalue weighted by atomic mass is 9.87. The van der Waals surface area contributed by atoms with Crippen molar-refractivity contribution < 1.29 is 9.84 Å². The molecule has 3 N–H and O–H groups in total. The molecule has 1 heterocycles. The first kappa shape index (κ1) is 13.0. The van der Waals surface area contributed by atoms with E-state index < -0.39 is 0 Å². The summed E-state index contributed by atoms with van der Waals surface area (Å²) in [6.45, 7) is 1.43. The molecule has 1 aliphatic heterocycles. The Morgan fingerprint density at radius 3 is 2.53 bits per heavy atom. The van der Waals surface area contributed by atoms with Crippen LogP contribution in [0.1, 0.15) is 24.4 Å². The van der Waals surface area contributed by atoms with E-state index in [1.807, 2.05) is 0 Å². The van der Waals surface area contributed by atoms with Gasteiger partial charge >= 0.3 is 0 Å². The number of phenolic OH excluding ortho intramolecular Hbond substituents is 1. The van der Waals surface area contributed by atoms with Crippen molar-refractivity contribution in [3.63, 3.8) is 0 Å². The summed E-state index contributed by atoms with van der Waals surface area (Å²) in [5, 5.41) is 10.7. The third kappa shape index (κ3) is 2.86. The number of aromatic hydroxyl groups is 1. The van der Waals surface area contributed by atoms with Crippen LogP contribution in [0.5, 0.6) is 5.75 Å². The van der Waals surface area contributed by atoms with Gasteiger partial charge in [0, 0.05) is 29.8 Å². The lowest BCUT2D eigenvalue weighted by Gasteiger charge is -2.28. The molecule has 0 radical (unpaired) electrons. The van der Waals surface area contributed by atoms with Crippen molar-refractivity contribution in [2.45, 2.75) is 18.9 Å². The van der Waals surface area contributed by atoms with Crippen LogP contribution in [0.2, 0.25) is 10.0 Å². The van der Waals surface area contributed by atoms with Crippen molar-refractivity contribution in [2.24, 2.45) is 11.7 Å². The fourth-order valence-corrected chi connectivity index (χ4v) is 2.82. The number of hydrogen-bond acceptors (Lipinski definition) is 3. The van der Waals surface area contributed by atoms with Gasteiger partial charge in [0.25, 0.3) is 0 Å². The number of ether oxygens (including phenoxy) is 1. The molecule has 0 aromatic heterocycles. The van der Waals surface area contributed by atoms with Gasteiger partial charge in [0.1, 0.15) is 5.75 Å². The minimum atomic E-state index is -0.274. The maximum absolute atomic E-state index is 9.89. The van der Waals surface area contributed by atoms with E-state index in [-0.39, 0.29) is 17.7 Å². The molecule has 1 aromatic rings. The Bertz CT molecular complexity index is 382. The molecule has 2 rings (SSSR count). The lowest BCUT2D eigenvalue weighted by Crippen LogP contribution is -2.27. The molecule has 0 aliphatic carbocycles. The molecule has 94 valence electrons. The zero-order valence-electron chi connectivity index (χ0n) is 9.33. The van der Waals surface area contributed by atoms with Gasteiger partial charge in [-0.25, -0.2) is 0 Å². The van der Waals surface area contributed by atoms with Crippen molar-refractivity contribution in [3.8, 4) is 5.75 Å². The van der Waals surface area contributed by atoms with Gasteiger partial charge in [0.2, 0.25) is 0 Å². The van der Waals surface area contributed by atoms with E-state index in [9.17, 15) is 5.11 Å². The van der Waals surface area contributed by atoms with E-state index in [0.29, 0.717) is 28.8 Å². The smallest absolute Gasteiger partial charge is 0.123 e. The number of hydrogen-bond donors (Lipinski definition) is 2. The summed E-state index contributed by atoms with van der Waals surface area (Å²) in [6.07, 6.45) is 1.78. The van der Waals surface area contributed by atoms with Crippen LogP contribution in [-0.4, -0.2) is 18.3 Å². The zero-order valence-corrected chi connectivity index (χ0v) is 10.8. The maximum Gasteiger partial charge on any atom is 0.123 e. The van der Waals surface area contributed by atoms with E-state index in [0.717, 1.165) is 12.8 Å². The largest absolute Gasteiger partial charge is 0.508 e. The highest BCUT2D eigenvalue weighted by atomic mass is 35.5. The first-order chi connectivity index (χ1) is 8.09. The minimum absolute atomic E-state index is 0.0708. The number of nitrogens with two attached hydrogens (primary N) is 1. The Labute approximate surface area is 110 Å². The Balaban J connectivity index is 2.26. The molecule has 17 heavy (non-hydrogen) atoms. The number of benzene rings is 1. The van der Waals surface area contributed by atoms with E-state index >= 15 is 0 Å². The summed E-state index contributed by atoms with van der Waals surface area (Å²) in [5.74, 6) is 0.356. The molecule has 5 heteroatoms. The summed E-state index contributed by atoms with van der Waals surface area (Å²) in [4.78, 5) is 0.